The highest BCUT2D eigenvalue weighted by molar-refractivity contribution is 6.32. The van der Waals surface area contributed by atoms with Gasteiger partial charge in [-0.15, -0.1) is 0 Å². The molecular formula is C19H15ClF3N3O2. The molecule has 3 rings (SSSR count). The molecule has 1 aromatic heterocycles. The molecule has 0 aliphatic heterocycles. The first-order valence-corrected chi connectivity index (χ1v) is 8.49. The number of hydrogen-bond acceptors (Lipinski definition) is 4. The van der Waals surface area contributed by atoms with Crippen molar-refractivity contribution < 1.29 is 17.9 Å². The summed E-state index contributed by atoms with van der Waals surface area (Å²) in [6, 6.07) is 11.4. The maximum atomic E-state index is 12.7. The maximum Gasteiger partial charge on any atom is 0.416 e. The van der Waals surface area contributed by atoms with E-state index in [1.54, 1.807) is 19.2 Å². The second-order valence-electron chi connectivity index (χ2n) is 5.84. The number of aromatic nitrogens is 2. The molecule has 0 aliphatic rings. The number of anilines is 1. The van der Waals surface area contributed by atoms with Gasteiger partial charge in [0.05, 0.1) is 30.2 Å². The van der Waals surface area contributed by atoms with Crippen LogP contribution in [0.25, 0.3) is 5.69 Å². The minimum Gasteiger partial charge on any atom is -0.497 e. The van der Waals surface area contributed by atoms with Gasteiger partial charge in [-0.1, -0.05) is 23.7 Å². The van der Waals surface area contributed by atoms with Crippen LogP contribution in [0.4, 0.5) is 18.9 Å². The number of nitrogens with zero attached hydrogens (tertiary/aromatic N) is 2. The van der Waals surface area contributed by atoms with Crippen LogP contribution >= 0.6 is 11.6 Å². The Bertz CT molecular complexity index is 1020. The molecule has 0 saturated carbocycles. The largest absolute Gasteiger partial charge is 0.497 e. The van der Waals surface area contributed by atoms with Gasteiger partial charge in [0.15, 0.2) is 0 Å². The molecule has 0 bridgehead atoms. The average molecular weight is 410 g/mol. The van der Waals surface area contributed by atoms with Gasteiger partial charge >= 0.3 is 6.18 Å². The van der Waals surface area contributed by atoms with Crippen molar-refractivity contribution in [2.24, 2.45) is 0 Å². The van der Waals surface area contributed by atoms with Crippen LogP contribution in [0.5, 0.6) is 5.75 Å². The number of rotatable bonds is 5. The standard InChI is InChI=1S/C19H15ClF3N3O2/c1-28-15-8-2-12(3-9-15)10-24-16-11-25-26(18(27)17(16)20)14-6-4-13(5-7-14)19(21,22)23/h2-9,11,24H,10H2,1H3. The van der Waals surface area contributed by atoms with E-state index in [1.165, 1.54) is 6.20 Å². The van der Waals surface area contributed by atoms with Crippen molar-refractivity contribution in [3.63, 3.8) is 0 Å². The van der Waals surface area contributed by atoms with E-state index in [9.17, 15) is 18.0 Å². The second-order valence-corrected chi connectivity index (χ2v) is 6.21. The van der Waals surface area contributed by atoms with Gasteiger partial charge in [0, 0.05) is 6.54 Å². The number of hydrogen-bond donors (Lipinski definition) is 1. The summed E-state index contributed by atoms with van der Waals surface area (Å²) in [7, 11) is 1.57. The molecular weight excluding hydrogens is 395 g/mol. The SMILES string of the molecule is COc1ccc(CNc2cnn(-c3ccc(C(F)(F)F)cc3)c(=O)c2Cl)cc1. The highest BCUT2D eigenvalue weighted by Crippen LogP contribution is 2.29. The summed E-state index contributed by atoms with van der Waals surface area (Å²) in [5.74, 6) is 0.725. The van der Waals surface area contributed by atoms with Crippen LogP contribution in [0, 0.1) is 0 Å². The predicted molar refractivity (Wildman–Crippen MR) is 100 cm³/mol. The van der Waals surface area contributed by atoms with Crippen LogP contribution in [0.3, 0.4) is 0 Å². The zero-order valence-electron chi connectivity index (χ0n) is 14.6. The Morgan fingerprint density at radius 1 is 1.11 bits per heavy atom. The topological polar surface area (TPSA) is 56.1 Å². The molecule has 3 aromatic rings. The van der Waals surface area contributed by atoms with E-state index in [4.69, 9.17) is 16.3 Å². The van der Waals surface area contributed by atoms with E-state index in [0.717, 1.165) is 40.3 Å². The fraction of sp³-hybridized carbons (Fsp3) is 0.158. The van der Waals surface area contributed by atoms with Crippen molar-refractivity contribution in [1.29, 1.82) is 0 Å². The molecule has 0 radical (unpaired) electrons. The van der Waals surface area contributed by atoms with Crippen LogP contribution in [0.2, 0.25) is 5.02 Å². The smallest absolute Gasteiger partial charge is 0.416 e. The molecule has 0 aliphatic carbocycles. The number of halogens is 4. The summed E-state index contributed by atoms with van der Waals surface area (Å²) in [5, 5.41) is 6.91. The monoisotopic (exact) mass is 409 g/mol. The highest BCUT2D eigenvalue weighted by atomic mass is 35.5. The molecule has 0 fully saturated rings. The molecule has 1 heterocycles. The van der Waals surface area contributed by atoms with Gasteiger partial charge < -0.3 is 10.1 Å². The Kier molecular flexibility index (Phi) is 5.60. The van der Waals surface area contributed by atoms with Crippen molar-refractivity contribution in [3.8, 4) is 11.4 Å². The molecule has 0 atom stereocenters. The van der Waals surface area contributed by atoms with E-state index in [0.29, 0.717) is 12.2 Å². The number of ether oxygens (including phenoxy) is 1. The Labute approximate surface area is 163 Å². The minimum absolute atomic E-state index is 0.108. The van der Waals surface area contributed by atoms with Crippen LogP contribution < -0.4 is 15.6 Å². The van der Waals surface area contributed by atoms with Crippen molar-refractivity contribution in [3.05, 3.63) is 81.2 Å². The van der Waals surface area contributed by atoms with E-state index >= 15 is 0 Å². The molecule has 5 nitrogen and oxygen atoms in total. The quantitative estimate of drug-likeness (QED) is 0.673. The molecule has 0 saturated heterocycles. The lowest BCUT2D eigenvalue weighted by Gasteiger charge is -2.12. The number of alkyl halides is 3. The predicted octanol–water partition coefficient (Wildman–Crippen LogP) is 4.53. The van der Waals surface area contributed by atoms with Crippen molar-refractivity contribution >= 4 is 17.3 Å². The van der Waals surface area contributed by atoms with Crippen LogP contribution in [0.15, 0.2) is 59.5 Å². The van der Waals surface area contributed by atoms with Gasteiger partial charge in [0.1, 0.15) is 10.8 Å². The number of benzene rings is 2. The number of nitrogens with one attached hydrogen (secondary N) is 1. The van der Waals surface area contributed by atoms with Crippen molar-refractivity contribution in [2.75, 3.05) is 12.4 Å². The summed E-state index contributed by atoms with van der Waals surface area (Å²) in [6.07, 6.45) is -3.10. The van der Waals surface area contributed by atoms with Gasteiger partial charge in [-0.2, -0.15) is 23.0 Å². The summed E-state index contributed by atoms with van der Waals surface area (Å²) in [6.45, 7) is 0.398. The fourth-order valence-corrected chi connectivity index (χ4v) is 2.67. The normalized spacial score (nSPS) is 11.3. The average Bonchev–Trinajstić information content (AvgIpc) is 2.69. The van der Waals surface area contributed by atoms with E-state index < -0.39 is 17.3 Å². The number of methoxy groups -OCH3 is 1. The van der Waals surface area contributed by atoms with Gasteiger partial charge in [0.25, 0.3) is 5.56 Å². The molecule has 0 spiro atoms. The van der Waals surface area contributed by atoms with Crippen LogP contribution in [-0.2, 0) is 12.7 Å². The summed E-state index contributed by atoms with van der Waals surface area (Å²) in [4.78, 5) is 12.5. The Morgan fingerprint density at radius 3 is 2.32 bits per heavy atom. The molecule has 1 N–H and O–H groups in total. The van der Waals surface area contributed by atoms with Crippen molar-refractivity contribution in [1.82, 2.24) is 9.78 Å². The molecule has 0 unspecified atom stereocenters. The lowest BCUT2D eigenvalue weighted by molar-refractivity contribution is -0.137. The van der Waals surface area contributed by atoms with Gasteiger partial charge in [-0.3, -0.25) is 4.79 Å². The molecule has 0 amide bonds. The highest BCUT2D eigenvalue weighted by Gasteiger charge is 2.30. The Balaban J connectivity index is 1.79. The Morgan fingerprint density at radius 2 is 1.75 bits per heavy atom. The van der Waals surface area contributed by atoms with E-state index in [2.05, 4.69) is 10.4 Å². The lowest BCUT2D eigenvalue weighted by atomic mass is 10.2. The lowest BCUT2D eigenvalue weighted by Crippen LogP contribution is -2.22. The van der Waals surface area contributed by atoms with Gasteiger partial charge in [-0.25, -0.2) is 0 Å². The Hall–Kier alpha value is -3.00. The fourth-order valence-electron chi connectivity index (χ4n) is 2.47. The zero-order valence-corrected chi connectivity index (χ0v) is 15.4. The zero-order chi connectivity index (χ0) is 20.3. The minimum atomic E-state index is -4.45. The summed E-state index contributed by atoms with van der Waals surface area (Å²) < 4.78 is 44.0. The van der Waals surface area contributed by atoms with Crippen LogP contribution in [0.1, 0.15) is 11.1 Å². The summed E-state index contributed by atoms with van der Waals surface area (Å²) >= 11 is 6.13. The van der Waals surface area contributed by atoms with E-state index in [-0.39, 0.29) is 10.7 Å². The second kappa shape index (κ2) is 7.93. The first-order chi connectivity index (χ1) is 13.3. The molecule has 2 aromatic carbocycles. The maximum absolute atomic E-state index is 12.7. The van der Waals surface area contributed by atoms with Gasteiger partial charge in [0.2, 0.25) is 0 Å². The first-order valence-electron chi connectivity index (χ1n) is 8.12. The third-order valence-corrected chi connectivity index (χ3v) is 4.37. The molecule has 146 valence electrons. The van der Waals surface area contributed by atoms with E-state index in [1.807, 2.05) is 12.1 Å². The van der Waals surface area contributed by atoms with Crippen molar-refractivity contribution in [2.45, 2.75) is 12.7 Å². The first kappa shape index (κ1) is 19.8. The molecule has 28 heavy (non-hydrogen) atoms. The third kappa shape index (κ3) is 4.28. The van der Waals surface area contributed by atoms with Gasteiger partial charge in [-0.05, 0) is 42.0 Å². The van der Waals surface area contributed by atoms with Crippen LogP contribution in [-0.4, -0.2) is 16.9 Å². The summed E-state index contributed by atoms with van der Waals surface area (Å²) in [5.41, 5.74) is -0.00892. The molecule has 9 heteroatoms. The third-order valence-electron chi connectivity index (χ3n) is 4.00.